The summed E-state index contributed by atoms with van der Waals surface area (Å²) in [5.74, 6) is 0.336. The summed E-state index contributed by atoms with van der Waals surface area (Å²) in [7, 11) is 0. The minimum Gasteiger partial charge on any atom is -0.340 e. The first kappa shape index (κ1) is 24.7. The molecule has 0 aliphatic heterocycles. The van der Waals surface area contributed by atoms with Crippen molar-refractivity contribution in [3.63, 3.8) is 0 Å². The number of hydrogen-bond acceptors (Lipinski definition) is 2. The lowest BCUT2D eigenvalue weighted by atomic mass is 10.1. The van der Waals surface area contributed by atoms with E-state index in [9.17, 15) is 4.79 Å². The van der Waals surface area contributed by atoms with Gasteiger partial charge in [0, 0.05) is 25.4 Å². The molecule has 3 nitrogen and oxygen atoms in total. The SMILES string of the molecule is CCCCCCC(=O)N(CCCCC=CCCCCCCC#N)C(C)C. The van der Waals surface area contributed by atoms with Crippen LogP contribution in [0.25, 0.3) is 0 Å². The molecule has 0 radical (unpaired) electrons. The predicted molar refractivity (Wildman–Crippen MR) is 112 cm³/mol. The predicted octanol–water partition coefficient (Wildman–Crippen LogP) is 6.78. The number of carbonyl (C=O) groups is 1. The highest BCUT2D eigenvalue weighted by Gasteiger charge is 2.15. The number of nitrogens with zero attached hydrogens (tertiary/aromatic N) is 2. The van der Waals surface area contributed by atoms with Gasteiger partial charge in [0.15, 0.2) is 0 Å². The van der Waals surface area contributed by atoms with Crippen molar-refractivity contribution < 1.29 is 4.79 Å². The lowest BCUT2D eigenvalue weighted by molar-refractivity contribution is -0.133. The van der Waals surface area contributed by atoms with E-state index in [4.69, 9.17) is 5.26 Å². The van der Waals surface area contributed by atoms with Crippen molar-refractivity contribution in [2.24, 2.45) is 0 Å². The fourth-order valence-corrected chi connectivity index (χ4v) is 3.12. The van der Waals surface area contributed by atoms with Gasteiger partial charge >= 0.3 is 0 Å². The summed E-state index contributed by atoms with van der Waals surface area (Å²) in [5, 5.41) is 8.48. The van der Waals surface area contributed by atoms with Crippen LogP contribution in [0.4, 0.5) is 0 Å². The molecule has 0 heterocycles. The fraction of sp³-hybridized carbons (Fsp3) is 0.826. The topological polar surface area (TPSA) is 44.1 Å². The smallest absolute Gasteiger partial charge is 0.222 e. The molecule has 0 saturated heterocycles. The standard InChI is InChI=1S/C23H42N2O/c1-4-5-6-16-19-23(26)25(22(2)3)21-18-15-13-11-9-7-8-10-12-14-17-20-24/h9,11,22H,4-8,10,12-19,21H2,1-3H3. The molecule has 0 spiro atoms. The summed E-state index contributed by atoms with van der Waals surface area (Å²) < 4.78 is 0. The second-order valence-corrected chi connectivity index (χ2v) is 7.57. The van der Waals surface area contributed by atoms with Crippen LogP contribution in [0.15, 0.2) is 12.2 Å². The number of unbranched alkanes of at least 4 members (excludes halogenated alkanes) is 10. The third kappa shape index (κ3) is 15.0. The summed E-state index contributed by atoms with van der Waals surface area (Å²) in [4.78, 5) is 14.4. The van der Waals surface area contributed by atoms with E-state index in [1.807, 2.05) is 0 Å². The van der Waals surface area contributed by atoms with Crippen LogP contribution in [0.3, 0.4) is 0 Å². The van der Waals surface area contributed by atoms with Gasteiger partial charge in [-0.1, -0.05) is 51.2 Å². The van der Waals surface area contributed by atoms with Crippen LogP contribution in [-0.4, -0.2) is 23.4 Å². The average Bonchev–Trinajstić information content (AvgIpc) is 2.62. The third-order valence-corrected chi connectivity index (χ3v) is 4.78. The molecule has 0 N–H and O–H groups in total. The Hall–Kier alpha value is -1.30. The quantitative estimate of drug-likeness (QED) is 0.211. The highest BCUT2D eigenvalue weighted by Crippen LogP contribution is 2.11. The minimum absolute atomic E-state index is 0.310. The Morgan fingerprint density at radius 3 is 2.15 bits per heavy atom. The molecule has 0 saturated carbocycles. The van der Waals surface area contributed by atoms with Gasteiger partial charge in [-0.25, -0.2) is 0 Å². The van der Waals surface area contributed by atoms with Gasteiger partial charge in [-0.15, -0.1) is 0 Å². The summed E-state index contributed by atoms with van der Waals surface area (Å²) in [5.41, 5.74) is 0. The molecule has 0 aromatic heterocycles. The first-order valence-electron chi connectivity index (χ1n) is 10.9. The highest BCUT2D eigenvalue weighted by atomic mass is 16.2. The Bertz CT molecular complexity index is 396. The summed E-state index contributed by atoms with van der Waals surface area (Å²) >= 11 is 0. The first-order chi connectivity index (χ1) is 12.6. The summed E-state index contributed by atoms with van der Waals surface area (Å²) in [6.45, 7) is 7.35. The van der Waals surface area contributed by atoms with Crippen LogP contribution < -0.4 is 0 Å². The van der Waals surface area contributed by atoms with Gasteiger partial charge in [-0.3, -0.25) is 4.79 Å². The maximum Gasteiger partial charge on any atom is 0.222 e. The van der Waals surface area contributed by atoms with E-state index < -0.39 is 0 Å². The number of nitriles is 1. The van der Waals surface area contributed by atoms with Gasteiger partial charge < -0.3 is 4.90 Å². The zero-order chi connectivity index (χ0) is 19.5. The molecule has 0 aromatic rings. The lowest BCUT2D eigenvalue weighted by Gasteiger charge is -2.27. The summed E-state index contributed by atoms with van der Waals surface area (Å²) in [6.07, 6.45) is 19.9. The van der Waals surface area contributed by atoms with Crippen molar-refractivity contribution in [3.8, 4) is 6.07 Å². The lowest BCUT2D eigenvalue weighted by Crippen LogP contribution is -2.37. The second kappa shape index (κ2) is 18.5. The van der Waals surface area contributed by atoms with Crippen molar-refractivity contribution >= 4 is 5.91 Å². The van der Waals surface area contributed by atoms with Gasteiger partial charge in [0.25, 0.3) is 0 Å². The van der Waals surface area contributed by atoms with Gasteiger partial charge in [-0.05, 0) is 58.8 Å². The number of allylic oxidation sites excluding steroid dienone is 2. The highest BCUT2D eigenvalue weighted by molar-refractivity contribution is 5.76. The number of rotatable bonds is 17. The fourth-order valence-electron chi connectivity index (χ4n) is 3.12. The number of amides is 1. The molecule has 26 heavy (non-hydrogen) atoms. The molecule has 0 aliphatic carbocycles. The van der Waals surface area contributed by atoms with Crippen LogP contribution in [0.1, 0.15) is 111 Å². The minimum atomic E-state index is 0.310. The van der Waals surface area contributed by atoms with E-state index in [1.54, 1.807) is 0 Å². The van der Waals surface area contributed by atoms with Crippen LogP contribution in [-0.2, 0) is 4.79 Å². The van der Waals surface area contributed by atoms with Crippen molar-refractivity contribution in [2.75, 3.05) is 6.54 Å². The van der Waals surface area contributed by atoms with Crippen LogP contribution in [0.5, 0.6) is 0 Å². The zero-order valence-electron chi connectivity index (χ0n) is 17.6. The molecule has 0 aromatic carbocycles. The normalized spacial score (nSPS) is 11.2. The average molecular weight is 363 g/mol. The monoisotopic (exact) mass is 362 g/mol. The van der Waals surface area contributed by atoms with Crippen molar-refractivity contribution in [1.29, 1.82) is 5.26 Å². The molecule has 3 heteroatoms. The van der Waals surface area contributed by atoms with Crippen LogP contribution in [0, 0.1) is 11.3 Å². The maximum absolute atomic E-state index is 12.4. The van der Waals surface area contributed by atoms with Crippen LogP contribution >= 0.6 is 0 Å². The number of hydrogen-bond donors (Lipinski definition) is 0. The molecule has 0 fully saturated rings. The van der Waals surface area contributed by atoms with E-state index >= 15 is 0 Å². The molecule has 0 unspecified atom stereocenters. The van der Waals surface area contributed by atoms with Crippen molar-refractivity contribution in [2.45, 2.75) is 117 Å². The van der Waals surface area contributed by atoms with E-state index in [-0.39, 0.29) is 0 Å². The zero-order valence-corrected chi connectivity index (χ0v) is 17.6. The van der Waals surface area contributed by atoms with Crippen LogP contribution in [0.2, 0.25) is 0 Å². The first-order valence-corrected chi connectivity index (χ1v) is 10.9. The van der Waals surface area contributed by atoms with E-state index in [0.29, 0.717) is 24.8 Å². The molecular formula is C23H42N2O. The Labute approximate surface area is 162 Å². The Balaban J connectivity index is 3.72. The maximum atomic E-state index is 12.4. The van der Waals surface area contributed by atoms with Gasteiger partial charge in [0.2, 0.25) is 5.91 Å². The number of carbonyl (C=O) groups excluding carboxylic acids is 1. The molecule has 0 atom stereocenters. The van der Waals surface area contributed by atoms with Gasteiger partial charge in [0.05, 0.1) is 6.07 Å². The Morgan fingerprint density at radius 2 is 1.54 bits per heavy atom. The molecular weight excluding hydrogens is 320 g/mol. The largest absolute Gasteiger partial charge is 0.340 e. The Kier molecular flexibility index (Phi) is 17.6. The van der Waals surface area contributed by atoms with E-state index in [2.05, 4.69) is 43.9 Å². The van der Waals surface area contributed by atoms with E-state index in [1.165, 1.54) is 38.5 Å². The molecule has 0 bridgehead atoms. The molecule has 0 rings (SSSR count). The van der Waals surface area contributed by atoms with E-state index in [0.717, 1.165) is 45.1 Å². The Morgan fingerprint density at radius 1 is 0.923 bits per heavy atom. The van der Waals surface area contributed by atoms with Gasteiger partial charge in [0.1, 0.15) is 0 Å². The molecule has 0 aliphatic rings. The third-order valence-electron chi connectivity index (χ3n) is 4.78. The van der Waals surface area contributed by atoms with Crippen molar-refractivity contribution in [1.82, 2.24) is 4.90 Å². The second-order valence-electron chi connectivity index (χ2n) is 7.57. The summed E-state index contributed by atoms with van der Waals surface area (Å²) in [6, 6.07) is 2.51. The van der Waals surface area contributed by atoms with Crippen molar-refractivity contribution in [3.05, 3.63) is 12.2 Å². The molecule has 150 valence electrons. The molecule has 1 amide bonds. The van der Waals surface area contributed by atoms with Gasteiger partial charge in [-0.2, -0.15) is 5.26 Å².